The molecule has 30 heavy (non-hydrogen) atoms. The second-order valence-electron chi connectivity index (χ2n) is 8.38. The molecule has 0 bridgehead atoms. The minimum atomic E-state index is 0.567. The van der Waals surface area contributed by atoms with Gasteiger partial charge < -0.3 is 19.9 Å². The van der Waals surface area contributed by atoms with E-state index in [1.54, 1.807) is 7.11 Å². The third kappa shape index (κ3) is 4.49. The maximum Gasteiger partial charge on any atom is 0.235 e. The average molecular weight is 414 g/mol. The Morgan fingerprint density at radius 1 is 1.00 bits per heavy atom. The zero-order valence-corrected chi connectivity index (χ0v) is 17.7. The summed E-state index contributed by atoms with van der Waals surface area (Å²) in [6.07, 6.45) is 4.86. The first kappa shape index (κ1) is 19.5. The molecule has 4 heterocycles. The third-order valence-electron chi connectivity index (χ3n) is 6.12. The Kier molecular flexibility index (Phi) is 5.67. The predicted octanol–water partition coefficient (Wildman–Crippen LogP) is 1.58. The van der Waals surface area contributed by atoms with Gasteiger partial charge >= 0.3 is 0 Å². The van der Waals surface area contributed by atoms with E-state index in [2.05, 4.69) is 36.3 Å². The van der Waals surface area contributed by atoms with Crippen molar-refractivity contribution in [2.75, 3.05) is 74.6 Å². The molecule has 0 aromatic carbocycles. The monoisotopic (exact) mass is 413 g/mol. The average Bonchev–Trinajstić information content (AvgIpc) is 3.27. The van der Waals surface area contributed by atoms with E-state index in [-0.39, 0.29) is 0 Å². The van der Waals surface area contributed by atoms with Gasteiger partial charge in [-0.15, -0.1) is 0 Å². The van der Waals surface area contributed by atoms with Gasteiger partial charge in [0, 0.05) is 70.6 Å². The molecule has 2 aromatic heterocycles. The van der Waals surface area contributed by atoms with Crippen molar-refractivity contribution in [3.63, 3.8) is 0 Å². The molecule has 2 saturated heterocycles. The number of H-pyrrole nitrogens is 1. The fourth-order valence-corrected chi connectivity index (χ4v) is 4.12. The van der Waals surface area contributed by atoms with Crippen LogP contribution in [0.25, 0.3) is 0 Å². The van der Waals surface area contributed by atoms with Crippen LogP contribution in [0.3, 0.4) is 0 Å². The lowest BCUT2D eigenvalue weighted by atomic mass is 10.3. The zero-order valence-electron chi connectivity index (χ0n) is 17.7. The van der Waals surface area contributed by atoms with E-state index in [0.717, 1.165) is 70.1 Å². The summed E-state index contributed by atoms with van der Waals surface area (Å²) in [5.41, 5.74) is 1.19. The van der Waals surface area contributed by atoms with Crippen molar-refractivity contribution in [1.82, 2.24) is 30.0 Å². The first-order valence-electron chi connectivity index (χ1n) is 11.1. The maximum atomic E-state index is 5.21. The Balaban J connectivity index is 1.33. The van der Waals surface area contributed by atoms with Crippen LogP contribution in [0.5, 0.6) is 0 Å². The van der Waals surface area contributed by atoms with Gasteiger partial charge in [-0.3, -0.25) is 10.00 Å². The summed E-state index contributed by atoms with van der Waals surface area (Å²) >= 11 is 0. The highest BCUT2D eigenvalue weighted by Gasteiger charge is 2.26. The van der Waals surface area contributed by atoms with Crippen LogP contribution >= 0.6 is 0 Å². The number of anilines is 4. The van der Waals surface area contributed by atoms with Crippen LogP contribution in [0, 0.1) is 0 Å². The zero-order chi connectivity index (χ0) is 20.3. The lowest BCUT2D eigenvalue weighted by Gasteiger charge is -2.34. The third-order valence-corrected chi connectivity index (χ3v) is 6.12. The van der Waals surface area contributed by atoms with Crippen LogP contribution in [0.15, 0.2) is 6.07 Å². The van der Waals surface area contributed by atoms with E-state index in [0.29, 0.717) is 11.9 Å². The summed E-state index contributed by atoms with van der Waals surface area (Å²) < 4.78 is 5.21. The molecule has 3 fully saturated rings. The van der Waals surface area contributed by atoms with Gasteiger partial charge in [0.1, 0.15) is 0 Å². The molecule has 0 amide bonds. The van der Waals surface area contributed by atoms with Crippen molar-refractivity contribution in [3.8, 4) is 0 Å². The lowest BCUT2D eigenvalue weighted by Crippen LogP contribution is -2.48. The van der Waals surface area contributed by atoms with Crippen molar-refractivity contribution < 1.29 is 4.74 Å². The van der Waals surface area contributed by atoms with E-state index in [4.69, 9.17) is 19.7 Å². The topological polar surface area (TPSA) is 98.3 Å². The fourth-order valence-electron chi connectivity index (χ4n) is 4.12. The van der Waals surface area contributed by atoms with Crippen molar-refractivity contribution >= 4 is 23.7 Å². The number of ether oxygens (including phenoxy) is 1. The molecule has 5 rings (SSSR count). The summed E-state index contributed by atoms with van der Waals surface area (Å²) in [4.78, 5) is 21.2. The van der Waals surface area contributed by atoms with Crippen LogP contribution in [0.4, 0.5) is 23.7 Å². The molecule has 1 saturated carbocycles. The second-order valence-corrected chi connectivity index (χ2v) is 8.38. The summed E-state index contributed by atoms with van der Waals surface area (Å²) in [7, 11) is 1.75. The van der Waals surface area contributed by atoms with Crippen molar-refractivity contribution in [2.24, 2.45) is 0 Å². The standard InChI is InChI=1S/C20H31N9O/c1-30-13-12-27-8-10-29(11-9-27)20-23-18(22-19(24-20)28-6-2-3-7-28)21-17-14-16(25-26-17)15-4-5-15/h14-15H,2-13H2,1H3,(H2,21,22,23,24,25,26). The van der Waals surface area contributed by atoms with Crippen LogP contribution in [-0.4, -0.2) is 89.6 Å². The number of hydrogen-bond donors (Lipinski definition) is 2. The molecule has 0 unspecified atom stereocenters. The molecule has 162 valence electrons. The summed E-state index contributed by atoms with van der Waals surface area (Å²) in [5.74, 6) is 3.48. The number of methoxy groups -OCH3 is 1. The highest BCUT2D eigenvalue weighted by atomic mass is 16.5. The van der Waals surface area contributed by atoms with Crippen LogP contribution < -0.4 is 15.1 Å². The molecular formula is C20H31N9O. The van der Waals surface area contributed by atoms with E-state index >= 15 is 0 Å². The summed E-state index contributed by atoms with van der Waals surface area (Å²) in [5, 5.41) is 10.8. The molecule has 3 aliphatic rings. The van der Waals surface area contributed by atoms with Gasteiger partial charge in [-0.25, -0.2) is 0 Å². The van der Waals surface area contributed by atoms with Gasteiger partial charge in [-0.1, -0.05) is 0 Å². The van der Waals surface area contributed by atoms with Gasteiger partial charge in [-0.2, -0.15) is 20.1 Å². The normalized spacial score (nSPS) is 20.2. The van der Waals surface area contributed by atoms with Crippen LogP contribution in [0.1, 0.15) is 37.3 Å². The van der Waals surface area contributed by atoms with Crippen molar-refractivity contribution in [1.29, 1.82) is 0 Å². The number of nitrogens with one attached hydrogen (secondary N) is 2. The Labute approximate surface area is 177 Å². The number of rotatable bonds is 8. The fraction of sp³-hybridized carbons (Fsp3) is 0.700. The van der Waals surface area contributed by atoms with Crippen molar-refractivity contribution in [2.45, 2.75) is 31.6 Å². The first-order chi connectivity index (χ1) is 14.8. The number of aromatic amines is 1. The molecule has 10 heteroatoms. The lowest BCUT2D eigenvalue weighted by molar-refractivity contribution is 0.143. The molecule has 10 nitrogen and oxygen atoms in total. The molecule has 0 atom stereocenters. The molecular weight excluding hydrogens is 382 g/mol. The Morgan fingerprint density at radius 3 is 2.37 bits per heavy atom. The minimum absolute atomic E-state index is 0.567. The predicted molar refractivity (Wildman–Crippen MR) is 116 cm³/mol. The largest absolute Gasteiger partial charge is 0.383 e. The molecule has 1 aliphatic carbocycles. The van der Waals surface area contributed by atoms with Crippen LogP contribution in [0.2, 0.25) is 0 Å². The van der Waals surface area contributed by atoms with Gasteiger partial charge in [0.15, 0.2) is 5.82 Å². The quantitative estimate of drug-likeness (QED) is 0.668. The second kappa shape index (κ2) is 8.73. The van der Waals surface area contributed by atoms with E-state index in [1.165, 1.54) is 31.4 Å². The highest BCUT2D eigenvalue weighted by Crippen LogP contribution is 2.39. The van der Waals surface area contributed by atoms with Gasteiger partial charge in [0.2, 0.25) is 17.8 Å². The van der Waals surface area contributed by atoms with E-state index in [1.807, 2.05) is 0 Å². The minimum Gasteiger partial charge on any atom is -0.383 e. The summed E-state index contributed by atoms with van der Waals surface area (Å²) in [6, 6.07) is 2.07. The van der Waals surface area contributed by atoms with Gasteiger partial charge in [-0.05, 0) is 25.7 Å². The Bertz CT molecular complexity index is 839. The Morgan fingerprint density at radius 2 is 1.70 bits per heavy atom. The Hall–Kier alpha value is -2.46. The molecule has 0 spiro atoms. The number of hydrogen-bond acceptors (Lipinski definition) is 9. The number of nitrogens with zero attached hydrogens (tertiary/aromatic N) is 7. The summed E-state index contributed by atoms with van der Waals surface area (Å²) in [6.45, 7) is 7.52. The van der Waals surface area contributed by atoms with Gasteiger partial charge in [0.25, 0.3) is 0 Å². The smallest absolute Gasteiger partial charge is 0.235 e. The number of aromatic nitrogens is 5. The molecule has 2 aromatic rings. The molecule has 0 radical (unpaired) electrons. The molecule has 2 aliphatic heterocycles. The maximum absolute atomic E-state index is 5.21. The highest BCUT2D eigenvalue weighted by molar-refractivity contribution is 5.53. The molecule has 2 N–H and O–H groups in total. The van der Waals surface area contributed by atoms with Crippen molar-refractivity contribution in [3.05, 3.63) is 11.8 Å². The first-order valence-corrected chi connectivity index (χ1v) is 11.1. The van der Waals surface area contributed by atoms with Gasteiger partial charge in [0.05, 0.1) is 6.61 Å². The SMILES string of the molecule is COCCN1CCN(c2nc(Nc3cc(C4CC4)[nH]n3)nc(N3CCCC3)n2)CC1. The van der Waals surface area contributed by atoms with E-state index in [9.17, 15) is 0 Å². The van der Waals surface area contributed by atoms with Crippen LogP contribution in [-0.2, 0) is 4.74 Å². The van der Waals surface area contributed by atoms with E-state index < -0.39 is 0 Å². The number of piperazine rings is 1.